The largest absolute Gasteiger partial charge is 0.508 e. The second-order valence-corrected chi connectivity index (χ2v) is 4.63. The minimum atomic E-state index is -0.414. The van der Waals surface area contributed by atoms with E-state index >= 15 is 0 Å². The molecule has 2 rings (SSSR count). The lowest BCUT2D eigenvalue weighted by atomic mass is 10.2. The SMILES string of the molecule is O=C(NNC(=S)NC(=O)C1CC1)c1ccc(O)cc1. The Morgan fingerprint density at radius 1 is 1.16 bits per heavy atom. The van der Waals surface area contributed by atoms with Gasteiger partial charge in [0.25, 0.3) is 5.91 Å². The van der Waals surface area contributed by atoms with E-state index in [2.05, 4.69) is 16.2 Å². The first-order valence-corrected chi connectivity index (χ1v) is 6.17. The maximum Gasteiger partial charge on any atom is 0.269 e. The Labute approximate surface area is 115 Å². The number of amides is 2. The molecule has 1 aromatic rings. The monoisotopic (exact) mass is 279 g/mol. The highest BCUT2D eigenvalue weighted by Gasteiger charge is 2.30. The fraction of sp³-hybridized carbons (Fsp3) is 0.250. The number of carbonyl (C=O) groups excluding carboxylic acids is 2. The molecule has 0 atom stereocenters. The van der Waals surface area contributed by atoms with Crippen molar-refractivity contribution in [1.82, 2.24) is 16.2 Å². The zero-order chi connectivity index (χ0) is 13.8. The first kappa shape index (κ1) is 13.3. The number of hydrazine groups is 1. The summed E-state index contributed by atoms with van der Waals surface area (Å²) in [6, 6.07) is 5.75. The molecule has 6 nitrogen and oxygen atoms in total. The van der Waals surface area contributed by atoms with Crippen LogP contribution in [0.15, 0.2) is 24.3 Å². The van der Waals surface area contributed by atoms with Crippen LogP contribution in [0.1, 0.15) is 23.2 Å². The van der Waals surface area contributed by atoms with Gasteiger partial charge in [0.1, 0.15) is 5.75 Å². The number of aromatic hydroxyl groups is 1. The van der Waals surface area contributed by atoms with Gasteiger partial charge in [0.2, 0.25) is 5.91 Å². The first-order valence-electron chi connectivity index (χ1n) is 5.76. The van der Waals surface area contributed by atoms with Crippen LogP contribution in [0, 0.1) is 5.92 Å². The quantitative estimate of drug-likeness (QED) is 0.466. The van der Waals surface area contributed by atoms with E-state index in [1.807, 2.05) is 0 Å². The van der Waals surface area contributed by atoms with E-state index in [0.29, 0.717) is 5.56 Å². The van der Waals surface area contributed by atoms with Crippen molar-refractivity contribution < 1.29 is 14.7 Å². The molecule has 0 saturated heterocycles. The molecular formula is C12H13N3O3S. The van der Waals surface area contributed by atoms with Crippen molar-refractivity contribution in [2.24, 2.45) is 5.92 Å². The molecule has 7 heteroatoms. The Bertz CT molecular complexity index is 511. The number of hydrogen-bond donors (Lipinski definition) is 4. The Morgan fingerprint density at radius 3 is 2.37 bits per heavy atom. The number of nitrogens with one attached hydrogen (secondary N) is 3. The minimum Gasteiger partial charge on any atom is -0.508 e. The molecule has 0 spiro atoms. The number of benzene rings is 1. The van der Waals surface area contributed by atoms with Crippen molar-refractivity contribution in [1.29, 1.82) is 0 Å². The van der Waals surface area contributed by atoms with Gasteiger partial charge in [-0.1, -0.05) is 0 Å². The molecule has 100 valence electrons. The Hall–Kier alpha value is -2.15. The maximum atomic E-state index is 11.7. The predicted octanol–water partition coefficient (Wildman–Crippen LogP) is 0.438. The molecule has 0 radical (unpaired) electrons. The second kappa shape index (κ2) is 5.66. The third-order valence-corrected chi connectivity index (χ3v) is 2.81. The van der Waals surface area contributed by atoms with Crippen LogP contribution in [0.5, 0.6) is 5.75 Å². The molecule has 1 aliphatic rings. The van der Waals surface area contributed by atoms with Crippen molar-refractivity contribution in [3.63, 3.8) is 0 Å². The number of carbonyl (C=O) groups is 2. The molecule has 1 fully saturated rings. The van der Waals surface area contributed by atoms with Crippen molar-refractivity contribution >= 4 is 29.1 Å². The molecule has 0 bridgehead atoms. The van der Waals surface area contributed by atoms with E-state index in [9.17, 15) is 9.59 Å². The normalized spacial score (nSPS) is 13.5. The summed E-state index contributed by atoms with van der Waals surface area (Å²) in [7, 11) is 0. The summed E-state index contributed by atoms with van der Waals surface area (Å²) in [5.74, 6) is -0.413. The molecule has 1 aromatic carbocycles. The molecule has 0 unspecified atom stereocenters. The van der Waals surface area contributed by atoms with Gasteiger partial charge < -0.3 is 10.4 Å². The van der Waals surface area contributed by atoms with Crippen LogP contribution in [0.2, 0.25) is 0 Å². The summed E-state index contributed by atoms with van der Waals surface area (Å²) in [4.78, 5) is 23.1. The highest BCUT2D eigenvalue weighted by atomic mass is 32.1. The average molecular weight is 279 g/mol. The van der Waals surface area contributed by atoms with E-state index < -0.39 is 5.91 Å². The summed E-state index contributed by atoms with van der Waals surface area (Å²) < 4.78 is 0. The fourth-order valence-electron chi connectivity index (χ4n) is 1.39. The smallest absolute Gasteiger partial charge is 0.269 e. The van der Waals surface area contributed by atoms with Gasteiger partial charge in [-0.15, -0.1) is 0 Å². The lowest BCUT2D eigenvalue weighted by molar-refractivity contribution is -0.120. The van der Waals surface area contributed by atoms with Gasteiger partial charge in [-0.25, -0.2) is 0 Å². The van der Waals surface area contributed by atoms with Crippen LogP contribution >= 0.6 is 12.2 Å². The topological polar surface area (TPSA) is 90.5 Å². The molecule has 1 aliphatic carbocycles. The molecule has 0 heterocycles. The molecule has 2 amide bonds. The van der Waals surface area contributed by atoms with Crippen molar-refractivity contribution in [3.8, 4) is 5.75 Å². The van der Waals surface area contributed by atoms with Gasteiger partial charge in [0.05, 0.1) is 0 Å². The summed E-state index contributed by atoms with van der Waals surface area (Å²) in [5, 5.41) is 11.6. The highest BCUT2D eigenvalue weighted by Crippen LogP contribution is 2.28. The van der Waals surface area contributed by atoms with Crippen LogP contribution in [0.3, 0.4) is 0 Å². The Kier molecular flexibility index (Phi) is 3.96. The predicted molar refractivity (Wildman–Crippen MR) is 72.2 cm³/mol. The third kappa shape index (κ3) is 3.92. The number of hydrogen-bond acceptors (Lipinski definition) is 4. The molecular weight excluding hydrogens is 266 g/mol. The minimum absolute atomic E-state index is 0.0487. The van der Waals surface area contributed by atoms with E-state index in [0.717, 1.165) is 12.8 Å². The lowest BCUT2D eigenvalue weighted by Gasteiger charge is -2.10. The molecule has 1 saturated carbocycles. The van der Waals surface area contributed by atoms with E-state index in [4.69, 9.17) is 17.3 Å². The standard InChI is InChI=1S/C12H13N3O3S/c16-9-5-3-8(4-6-9)11(18)14-15-12(19)13-10(17)7-1-2-7/h3-7,16H,1-2H2,(H,14,18)(H2,13,15,17,19). The van der Waals surface area contributed by atoms with Crippen molar-refractivity contribution in [2.45, 2.75) is 12.8 Å². The molecule has 4 N–H and O–H groups in total. The van der Waals surface area contributed by atoms with Gasteiger partial charge >= 0.3 is 0 Å². The number of phenols is 1. The van der Waals surface area contributed by atoms with Gasteiger partial charge in [0, 0.05) is 11.5 Å². The fourth-order valence-corrected chi connectivity index (χ4v) is 1.54. The summed E-state index contributed by atoms with van der Waals surface area (Å²) >= 11 is 4.87. The Balaban J connectivity index is 1.77. The molecule has 0 aliphatic heterocycles. The summed E-state index contributed by atoms with van der Waals surface area (Å²) in [5.41, 5.74) is 5.17. The van der Waals surface area contributed by atoms with Gasteiger partial charge in [-0.3, -0.25) is 20.4 Å². The van der Waals surface area contributed by atoms with E-state index in [1.165, 1.54) is 24.3 Å². The zero-order valence-corrected chi connectivity index (χ0v) is 10.8. The molecule has 0 aromatic heterocycles. The van der Waals surface area contributed by atoms with Crippen LogP contribution in [0.4, 0.5) is 0 Å². The van der Waals surface area contributed by atoms with Crippen LogP contribution in [-0.4, -0.2) is 22.0 Å². The second-order valence-electron chi connectivity index (χ2n) is 4.22. The van der Waals surface area contributed by atoms with Gasteiger partial charge in [-0.2, -0.15) is 0 Å². The number of thiocarbonyl (C=S) groups is 1. The highest BCUT2D eigenvalue weighted by molar-refractivity contribution is 7.80. The number of phenolic OH excluding ortho intramolecular Hbond substituents is 1. The zero-order valence-electron chi connectivity index (χ0n) is 9.97. The maximum absolute atomic E-state index is 11.7. The third-order valence-electron chi connectivity index (χ3n) is 2.60. The summed E-state index contributed by atoms with van der Waals surface area (Å²) in [6.07, 6.45) is 1.77. The summed E-state index contributed by atoms with van der Waals surface area (Å²) in [6.45, 7) is 0. The van der Waals surface area contributed by atoms with Crippen LogP contribution in [0.25, 0.3) is 0 Å². The first-order chi connectivity index (χ1) is 9.06. The van der Waals surface area contributed by atoms with Crippen LogP contribution in [-0.2, 0) is 4.79 Å². The lowest BCUT2D eigenvalue weighted by Crippen LogP contribution is -2.48. The number of rotatable bonds is 2. The van der Waals surface area contributed by atoms with Gasteiger partial charge in [0.15, 0.2) is 5.11 Å². The van der Waals surface area contributed by atoms with Crippen LogP contribution < -0.4 is 16.2 Å². The Morgan fingerprint density at radius 2 is 1.79 bits per heavy atom. The van der Waals surface area contributed by atoms with Crippen molar-refractivity contribution in [3.05, 3.63) is 29.8 Å². The molecule has 19 heavy (non-hydrogen) atoms. The average Bonchev–Trinajstić information content (AvgIpc) is 3.21. The van der Waals surface area contributed by atoms with Gasteiger partial charge in [-0.05, 0) is 49.3 Å². The van der Waals surface area contributed by atoms with E-state index in [1.54, 1.807) is 0 Å². The van der Waals surface area contributed by atoms with Crippen molar-refractivity contribution in [2.75, 3.05) is 0 Å². The van der Waals surface area contributed by atoms with E-state index in [-0.39, 0.29) is 22.7 Å².